The first-order valence-corrected chi connectivity index (χ1v) is 6.32. The third-order valence-corrected chi connectivity index (χ3v) is 2.86. The molecular weight excluding hydrogens is 212 g/mol. The van der Waals surface area contributed by atoms with Crippen LogP contribution in [0.2, 0.25) is 0 Å². The molecule has 0 radical (unpaired) electrons. The molecule has 0 aliphatic rings. The van der Waals surface area contributed by atoms with Crippen LogP contribution in [0.3, 0.4) is 0 Å². The van der Waals surface area contributed by atoms with Gasteiger partial charge in [-0.05, 0) is 26.1 Å². The summed E-state index contributed by atoms with van der Waals surface area (Å²) in [5.41, 5.74) is 1.11. The van der Waals surface area contributed by atoms with Gasteiger partial charge in [0.05, 0.1) is 0 Å². The zero-order chi connectivity index (χ0) is 12.7. The van der Waals surface area contributed by atoms with Gasteiger partial charge in [0.25, 0.3) is 0 Å². The molecule has 4 nitrogen and oxygen atoms in total. The Morgan fingerprint density at radius 2 is 2.06 bits per heavy atom. The molecule has 0 saturated heterocycles. The van der Waals surface area contributed by atoms with Crippen LogP contribution < -0.4 is 10.6 Å². The predicted molar refractivity (Wildman–Crippen MR) is 74.7 cm³/mol. The van der Waals surface area contributed by atoms with Gasteiger partial charge in [-0.15, -0.1) is 0 Å². The van der Waals surface area contributed by atoms with Gasteiger partial charge in [0.2, 0.25) is 0 Å². The first kappa shape index (κ1) is 13.8. The third-order valence-electron chi connectivity index (χ3n) is 2.86. The van der Waals surface area contributed by atoms with Crippen LogP contribution in [-0.4, -0.2) is 42.6 Å². The summed E-state index contributed by atoms with van der Waals surface area (Å²) in [6.45, 7) is 9.85. The molecule has 0 aliphatic carbocycles. The summed E-state index contributed by atoms with van der Waals surface area (Å²) in [5, 5.41) is 6.54. The number of nitrogens with zero attached hydrogens (tertiary/aromatic N) is 2. The van der Waals surface area contributed by atoms with Crippen molar-refractivity contribution in [3.05, 3.63) is 18.3 Å². The van der Waals surface area contributed by atoms with Crippen molar-refractivity contribution in [2.24, 2.45) is 0 Å². The highest BCUT2D eigenvalue weighted by Gasteiger charge is 2.07. The Hall–Kier alpha value is -1.29. The maximum absolute atomic E-state index is 4.20. The standard InChI is InChI=1S/C13H24N4/c1-5-17(6-2)10-11(3)16-12-7-8-15-13(9-12)14-4/h7-9,11H,5-6,10H2,1-4H3,(H2,14,15,16). The maximum Gasteiger partial charge on any atom is 0.127 e. The summed E-state index contributed by atoms with van der Waals surface area (Å²) in [4.78, 5) is 6.61. The van der Waals surface area contributed by atoms with Crippen molar-refractivity contribution in [2.75, 3.05) is 37.3 Å². The average molecular weight is 236 g/mol. The van der Waals surface area contributed by atoms with E-state index in [2.05, 4.69) is 41.3 Å². The van der Waals surface area contributed by atoms with E-state index in [0.29, 0.717) is 6.04 Å². The largest absolute Gasteiger partial charge is 0.381 e. The molecule has 1 aromatic heterocycles. The maximum atomic E-state index is 4.20. The van der Waals surface area contributed by atoms with Crippen LogP contribution >= 0.6 is 0 Å². The van der Waals surface area contributed by atoms with Crippen molar-refractivity contribution < 1.29 is 0 Å². The summed E-state index contributed by atoms with van der Waals surface area (Å²) in [6, 6.07) is 4.46. The minimum absolute atomic E-state index is 0.432. The Balaban J connectivity index is 2.52. The molecule has 0 amide bonds. The van der Waals surface area contributed by atoms with Gasteiger partial charge < -0.3 is 15.5 Å². The van der Waals surface area contributed by atoms with Gasteiger partial charge in [-0.25, -0.2) is 4.98 Å². The number of hydrogen-bond acceptors (Lipinski definition) is 4. The Kier molecular flexibility index (Phi) is 5.77. The number of nitrogens with one attached hydrogen (secondary N) is 2. The fourth-order valence-electron chi connectivity index (χ4n) is 1.86. The average Bonchev–Trinajstić information content (AvgIpc) is 2.36. The molecule has 0 bridgehead atoms. The zero-order valence-electron chi connectivity index (χ0n) is 11.3. The van der Waals surface area contributed by atoms with E-state index < -0.39 is 0 Å². The van der Waals surface area contributed by atoms with E-state index in [1.54, 1.807) is 0 Å². The highest BCUT2D eigenvalue weighted by atomic mass is 15.1. The highest BCUT2D eigenvalue weighted by molar-refractivity contribution is 5.51. The van der Waals surface area contributed by atoms with Crippen LogP contribution in [0.25, 0.3) is 0 Å². The summed E-state index contributed by atoms with van der Waals surface area (Å²) < 4.78 is 0. The normalized spacial score (nSPS) is 12.5. The van der Waals surface area contributed by atoms with Crippen LogP contribution in [0.4, 0.5) is 11.5 Å². The minimum Gasteiger partial charge on any atom is -0.381 e. The molecule has 1 heterocycles. The monoisotopic (exact) mass is 236 g/mol. The number of anilines is 2. The molecule has 1 unspecified atom stereocenters. The van der Waals surface area contributed by atoms with Crippen molar-refractivity contribution in [1.29, 1.82) is 0 Å². The molecule has 1 aromatic rings. The SMILES string of the molecule is CCN(CC)CC(C)Nc1ccnc(NC)c1. The Bertz CT molecular complexity index is 323. The molecule has 0 saturated carbocycles. The number of hydrogen-bond donors (Lipinski definition) is 2. The Morgan fingerprint density at radius 3 is 2.65 bits per heavy atom. The molecule has 4 heteroatoms. The van der Waals surface area contributed by atoms with Crippen LogP contribution in [0.5, 0.6) is 0 Å². The first-order chi connectivity index (χ1) is 8.19. The van der Waals surface area contributed by atoms with Crippen molar-refractivity contribution in [3.8, 4) is 0 Å². The summed E-state index contributed by atoms with van der Waals surface area (Å²) in [6.07, 6.45) is 1.82. The van der Waals surface area contributed by atoms with E-state index in [1.165, 1.54) is 0 Å². The van der Waals surface area contributed by atoms with Crippen LogP contribution in [0.15, 0.2) is 18.3 Å². The second-order valence-electron chi connectivity index (χ2n) is 4.21. The molecule has 0 fully saturated rings. The zero-order valence-corrected chi connectivity index (χ0v) is 11.3. The molecule has 0 spiro atoms. The first-order valence-electron chi connectivity index (χ1n) is 6.32. The van der Waals surface area contributed by atoms with Crippen molar-refractivity contribution >= 4 is 11.5 Å². The lowest BCUT2D eigenvalue weighted by Gasteiger charge is -2.24. The van der Waals surface area contributed by atoms with E-state index >= 15 is 0 Å². The number of aromatic nitrogens is 1. The van der Waals surface area contributed by atoms with Crippen molar-refractivity contribution in [1.82, 2.24) is 9.88 Å². The van der Waals surface area contributed by atoms with E-state index in [4.69, 9.17) is 0 Å². The number of rotatable bonds is 7. The van der Waals surface area contributed by atoms with Crippen LogP contribution in [0.1, 0.15) is 20.8 Å². The number of likely N-dealkylation sites (N-methyl/N-ethyl adjacent to an activating group) is 1. The van der Waals surface area contributed by atoms with Crippen LogP contribution in [0, 0.1) is 0 Å². The van der Waals surface area contributed by atoms with E-state index in [9.17, 15) is 0 Å². The lowest BCUT2D eigenvalue weighted by atomic mass is 10.2. The predicted octanol–water partition coefficient (Wildman–Crippen LogP) is 2.27. The fraction of sp³-hybridized carbons (Fsp3) is 0.615. The molecule has 0 aromatic carbocycles. The second-order valence-corrected chi connectivity index (χ2v) is 4.21. The molecule has 1 rings (SSSR count). The van der Waals surface area contributed by atoms with Gasteiger partial charge in [0, 0.05) is 37.6 Å². The fourth-order valence-corrected chi connectivity index (χ4v) is 1.86. The molecular formula is C13H24N4. The number of pyridine rings is 1. The quantitative estimate of drug-likeness (QED) is 0.762. The van der Waals surface area contributed by atoms with Gasteiger partial charge >= 0.3 is 0 Å². The van der Waals surface area contributed by atoms with Gasteiger partial charge in [0.1, 0.15) is 5.82 Å². The molecule has 17 heavy (non-hydrogen) atoms. The van der Waals surface area contributed by atoms with Gasteiger partial charge in [0.15, 0.2) is 0 Å². The topological polar surface area (TPSA) is 40.2 Å². The molecule has 2 N–H and O–H groups in total. The smallest absolute Gasteiger partial charge is 0.127 e. The Labute approximate surface area is 104 Å². The van der Waals surface area contributed by atoms with E-state index in [-0.39, 0.29) is 0 Å². The summed E-state index contributed by atoms with van der Waals surface area (Å²) >= 11 is 0. The highest BCUT2D eigenvalue weighted by Crippen LogP contribution is 2.12. The summed E-state index contributed by atoms with van der Waals surface area (Å²) in [7, 11) is 1.88. The second kappa shape index (κ2) is 7.12. The van der Waals surface area contributed by atoms with Crippen LogP contribution in [-0.2, 0) is 0 Å². The third kappa shape index (κ3) is 4.61. The van der Waals surface area contributed by atoms with Crippen molar-refractivity contribution in [2.45, 2.75) is 26.8 Å². The van der Waals surface area contributed by atoms with Gasteiger partial charge in [-0.1, -0.05) is 13.8 Å². The lowest BCUT2D eigenvalue weighted by Crippen LogP contribution is -2.34. The van der Waals surface area contributed by atoms with Gasteiger partial charge in [-0.2, -0.15) is 0 Å². The Morgan fingerprint density at radius 1 is 1.35 bits per heavy atom. The van der Waals surface area contributed by atoms with E-state index in [0.717, 1.165) is 31.1 Å². The van der Waals surface area contributed by atoms with Crippen molar-refractivity contribution in [3.63, 3.8) is 0 Å². The lowest BCUT2D eigenvalue weighted by molar-refractivity contribution is 0.295. The molecule has 0 aliphatic heterocycles. The minimum atomic E-state index is 0.432. The summed E-state index contributed by atoms with van der Waals surface area (Å²) in [5.74, 6) is 0.894. The molecule has 1 atom stereocenters. The van der Waals surface area contributed by atoms with Gasteiger partial charge in [-0.3, -0.25) is 0 Å². The molecule has 96 valence electrons. The van der Waals surface area contributed by atoms with E-state index in [1.807, 2.05) is 25.4 Å².